The number of hydrogen-bond acceptors (Lipinski definition) is 5. The Morgan fingerprint density at radius 2 is 1.90 bits per heavy atom. The maximum Gasteiger partial charge on any atom is 0.250 e. The zero-order valence-corrected chi connectivity index (χ0v) is 17.6. The first-order valence-corrected chi connectivity index (χ1v) is 11.1. The second-order valence-electron chi connectivity index (χ2n) is 6.16. The van der Waals surface area contributed by atoms with Crippen LogP contribution in [0.15, 0.2) is 81.6 Å². The van der Waals surface area contributed by atoms with Gasteiger partial charge < -0.3 is 0 Å². The summed E-state index contributed by atoms with van der Waals surface area (Å²) in [4.78, 5) is 16.7. The molecule has 0 aliphatic heterocycles. The van der Waals surface area contributed by atoms with E-state index in [2.05, 4.69) is 15.5 Å². The highest BCUT2D eigenvalue weighted by atomic mass is 35.5. The van der Waals surface area contributed by atoms with E-state index < -0.39 is 0 Å². The van der Waals surface area contributed by atoms with Crippen molar-refractivity contribution in [3.05, 3.63) is 82.7 Å². The van der Waals surface area contributed by atoms with E-state index in [-0.39, 0.29) is 11.7 Å². The highest BCUT2D eigenvalue weighted by Crippen LogP contribution is 2.28. The summed E-state index contributed by atoms with van der Waals surface area (Å²) >= 11 is 8.83. The number of thiazole rings is 1. The topological polar surface area (TPSA) is 54.4 Å². The van der Waals surface area contributed by atoms with Gasteiger partial charge in [0, 0.05) is 21.5 Å². The van der Waals surface area contributed by atoms with Gasteiger partial charge in [-0.15, -0.1) is 11.3 Å². The van der Waals surface area contributed by atoms with Crippen LogP contribution in [0.4, 0.5) is 0 Å². The Bertz CT molecular complexity index is 1170. The highest BCUT2D eigenvalue weighted by molar-refractivity contribution is 8.01. The number of nitrogens with zero attached hydrogens (tertiary/aromatic N) is 2. The van der Waals surface area contributed by atoms with Crippen molar-refractivity contribution in [2.45, 2.75) is 4.34 Å². The standard InChI is InChI=1S/C22H16ClN3OS2/c23-18-10-8-16(9-11-18)20-13-28-22(25-20)29-14-21(27)26-24-12-17-6-3-5-15-4-1-2-7-19(15)17/h1-13H,14H2,(H,26,27)/b24-12+. The number of carbonyl (C=O) groups excluding carboxylic acids is 1. The van der Waals surface area contributed by atoms with E-state index in [9.17, 15) is 4.79 Å². The van der Waals surface area contributed by atoms with Crippen LogP contribution in [-0.2, 0) is 4.79 Å². The Kier molecular flexibility index (Phi) is 6.24. The lowest BCUT2D eigenvalue weighted by atomic mass is 10.1. The van der Waals surface area contributed by atoms with E-state index in [1.165, 1.54) is 23.1 Å². The molecule has 0 spiro atoms. The molecule has 1 N–H and O–H groups in total. The van der Waals surface area contributed by atoms with Crippen molar-refractivity contribution in [2.24, 2.45) is 5.10 Å². The number of aromatic nitrogens is 1. The third-order valence-corrected chi connectivity index (χ3v) is 6.44. The molecule has 0 saturated carbocycles. The molecule has 4 aromatic rings. The molecule has 0 fully saturated rings. The summed E-state index contributed by atoms with van der Waals surface area (Å²) in [5, 5.41) is 9.00. The van der Waals surface area contributed by atoms with Crippen LogP contribution in [-0.4, -0.2) is 22.9 Å². The van der Waals surface area contributed by atoms with E-state index in [1.807, 2.05) is 72.1 Å². The largest absolute Gasteiger partial charge is 0.272 e. The maximum atomic E-state index is 12.1. The first-order valence-electron chi connectivity index (χ1n) is 8.83. The number of benzene rings is 3. The molecule has 0 atom stereocenters. The lowest BCUT2D eigenvalue weighted by Gasteiger charge is -2.01. The lowest BCUT2D eigenvalue weighted by molar-refractivity contribution is -0.118. The molecule has 1 aromatic heterocycles. The number of thioether (sulfide) groups is 1. The van der Waals surface area contributed by atoms with Crippen molar-refractivity contribution < 1.29 is 4.79 Å². The number of amides is 1. The van der Waals surface area contributed by atoms with Crippen LogP contribution < -0.4 is 5.43 Å². The van der Waals surface area contributed by atoms with Crippen molar-refractivity contribution in [3.63, 3.8) is 0 Å². The first-order chi connectivity index (χ1) is 14.2. The summed E-state index contributed by atoms with van der Waals surface area (Å²) in [6.45, 7) is 0. The molecule has 3 aromatic carbocycles. The van der Waals surface area contributed by atoms with Gasteiger partial charge in [-0.25, -0.2) is 10.4 Å². The van der Waals surface area contributed by atoms with Gasteiger partial charge in [0.2, 0.25) is 0 Å². The van der Waals surface area contributed by atoms with Crippen LogP contribution in [0.5, 0.6) is 0 Å². The Labute approximate surface area is 181 Å². The molecule has 4 rings (SSSR count). The molecule has 1 heterocycles. The van der Waals surface area contributed by atoms with Gasteiger partial charge in [0.25, 0.3) is 5.91 Å². The Morgan fingerprint density at radius 3 is 2.76 bits per heavy atom. The average Bonchev–Trinajstić information content (AvgIpc) is 3.22. The molecule has 0 bridgehead atoms. The second kappa shape index (κ2) is 9.22. The summed E-state index contributed by atoms with van der Waals surface area (Å²) < 4.78 is 0.836. The molecule has 0 aliphatic rings. The van der Waals surface area contributed by atoms with Crippen molar-refractivity contribution in [1.29, 1.82) is 0 Å². The van der Waals surface area contributed by atoms with Gasteiger partial charge in [-0.1, -0.05) is 78.0 Å². The van der Waals surface area contributed by atoms with E-state index in [1.54, 1.807) is 6.21 Å². The van der Waals surface area contributed by atoms with Gasteiger partial charge in [0.05, 0.1) is 17.7 Å². The van der Waals surface area contributed by atoms with Crippen LogP contribution >= 0.6 is 34.7 Å². The molecule has 4 nitrogen and oxygen atoms in total. The summed E-state index contributed by atoms with van der Waals surface area (Å²) in [6, 6.07) is 21.6. The summed E-state index contributed by atoms with van der Waals surface area (Å²) in [5.74, 6) is 0.0789. The number of fused-ring (bicyclic) bond motifs is 1. The summed E-state index contributed by atoms with van der Waals surface area (Å²) in [5.41, 5.74) is 5.42. The van der Waals surface area contributed by atoms with E-state index >= 15 is 0 Å². The Hall–Kier alpha value is -2.67. The second-order valence-corrected chi connectivity index (χ2v) is 8.67. The van der Waals surface area contributed by atoms with Crippen molar-refractivity contribution >= 4 is 57.6 Å². The van der Waals surface area contributed by atoms with Crippen molar-refractivity contribution in [1.82, 2.24) is 10.4 Å². The minimum Gasteiger partial charge on any atom is -0.272 e. The number of nitrogens with one attached hydrogen (secondary N) is 1. The van der Waals surface area contributed by atoms with Crippen LogP contribution in [0.3, 0.4) is 0 Å². The molecule has 0 aliphatic carbocycles. The van der Waals surface area contributed by atoms with E-state index in [0.29, 0.717) is 5.02 Å². The lowest BCUT2D eigenvalue weighted by Crippen LogP contribution is -2.19. The quantitative estimate of drug-likeness (QED) is 0.233. The van der Waals surface area contributed by atoms with E-state index in [0.717, 1.165) is 31.9 Å². The first kappa shape index (κ1) is 19.6. The monoisotopic (exact) mass is 437 g/mol. The van der Waals surface area contributed by atoms with E-state index in [4.69, 9.17) is 11.6 Å². The number of rotatable bonds is 6. The number of carbonyl (C=O) groups is 1. The van der Waals surface area contributed by atoms with Crippen LogP contribution in [0, 0.1) is 0 Å². The summed E-state index contributed by atoms with van der Waals surface area (Å²) in [6.07, 6.45) is 1.67. The Balaban J connectivity index is 1.32. The van der Waals surface area contributed by atoms with Crippen LogP contribution in [0.25, 0.3) is 22.0 Å². The molecule has 0 unspecified atom stereocenters. The minimum atomic E-state index is -0.172. The number of hydrazone groups is 1. The minimum absolute atomic E-state index is 0.172. The number of halogens is 1. The zero-order chi connectivity index (χ0) is 20.1. The van der Waals surface area contributed by atoms with Crippen LogP contribution in [0.2, 0.25) is 5.02 Å². The van der Waals surface area contributed by atoms with Gasteiger partial charge in [-0.05, 0) is 22.9 Å². The molecular weight excluding hydrogens is 422 g/mol. The molecule has 0 saturated heterocycles. The molecule has 29 heavy (non-hydrogen) atoms. The van der Waals surface area contributed by atoms with Gasteiger partial charge in [-0.2, -0.15) is 5.10 Å². The molecular formula is C22H16ClN3OS2. The molecule has 144 valence electrons. The molecule has 0 radical (unpaired) electrons. The van der Waals surface area contributed by atoms with Crippen molar-refractivity contribution in [2.75, 3.05) is 5.75 Å². The SMILES string of the molecule is O=C(CSc1nc(-c2ccc(Cl)cc2)cs1)N/N=C/c1cccc2ccccc12. The predicted octanol–water partition coefficient (Wildman–Crippen LogP) is 5.86. The van der Waals surface area contributed by atoms with Crippen molar-refractivity contribution in [3.8, 4) is 11.3 Å². The fourth-order valence-corrected chi connectivity index (χ4v) is 4.53. The number of hydrogen-bond donors (Lipinski definition) is 1. The normalized spacial score (nSPS) is 11.2. The fraction of sp³-hybridized carbons (Fsp3) is 0.0455. The maximum absolute atomic E-state index is 12.1. The van der Waals surface area contributed by atoms with Crippen LogP contribution in [0.1, 0.15) is 5.56 Å². The van der Waals surface area contributed by atoms with Gasteiger partial charge in [0.1, 0.15) is 0 Å². The van der Waals surface area contributed by atoms with Gasteiger partial charge >= 0.3 is 0 Å². The fourth-order valence-electron chi connectivity index (χ4n) is 2.77. The Morgan fingerprint density at radius 1 is 1.10 bits per heavy atom. The highest BCUT2D eigenvalue weighted by Gasteiger charge is 2.08. The molecule has 1 amide bonds. The van der Waals surface area contributed by atoms with Gasteiger partial charge in [-0.3, -0.25) is 4.79 Å². The average molecular weight is 438 g/mol. The summed E-state index contributed by atoms with van der Waals surface area (Å²) in [7, 11) is 0. The third-order valence-electron chi connectivity index (χ3n) is 4.17. The molecule has 7 heteroatoms. The third kappa shape index (κ3) is 5.03. The van der Waals surface area contributed by atoms with Gasteiger partial charge in [0.15, 0.2) is 4.34 Å². The predicted molar refractivity (Wildman–Crippen MR) is 123 cm³/mol. The zero-order valence-electron chi connectivity index (χ0n) is 15.2. The smallest absolute Gasteiger partial charge is 0.250 e.